The predicted molar refractivity (Wildman–Crippen MR) is 91.5 cm³/mol. The van der Waals surface area contributed by atoms with Crippen molar-refractivity contribution in [2.24, 2.45) is 28.6 Å². The van der Waals surface area contributed by atoms with Crippen molar-refractivity contribution in [3.05, 3.63) is 12.2 Å². The van der Waals surface area contributed by atoms with E-state index >= 15 is 0 Å². The molecular formula is C20H30O5. The van der Waals surface area contributed by atoms with Gasteiger partial charge < -0.3 is 20.4 Å². The third-order valence-electron chi connectivity index (χ3n) is 8.26. The number of carbonyl (C=O) groups is 1. The monoisotopic (exact) mass is 350 g/mol. The van der Waals surface area contributed by atoms with Gasteiger partial charge in [0.15, 0.2) is 5.78 Å². The average molecular weight is 350 g/mol. The van der Waals surface area contributed by atoms with Gasteiger partial charge in [0, 0.05) is 17.3 Å². The van der Waals surface area contributed by atoms with Crippen molar-refractivity contribution in [1.29, 1.82) is 0 Å². The van der Waals surface area contributed by atoms with Crippen molar-refractivity contribution < 1.29 is 25.2 Å². The van der Waals surface area contributed by atoms with Gasteiger partial charge >= 0.3 is 0 Å². The van der Waals surface area contributed by atoms with Gasteiger partial charge in [0.25, 0.3) is 0 Å². The summed E-state index contributed by atoms with van der Waals surface area (Å²) in [5, 5.41) is 43.9. The molecule has 4 aliphatic carbocycles. The molecule has 0 aliphatic heterocycles. The van der Waals surface area contributed by atoms with Crippen LogP contribution in [-0.4, -0.2) is 49.6 Å². The fourth-order valence-electron chi connectivity index (χ4n) is 6.91. The molecule has 0 aromatic heterocycles. The number of carbonyl (C=O) groups excluding carboxylic acids is 1. The highest BCUT2D eigenvalue weighted by Gasteiger charge is 2.72. The Morgan fingerprint density at radius 3 is 2.32 bits per heavy atom. The molecule has 0 aromatic carbocycles. The van der Waals surface area contributed by atoms with Gasteiger partial charge in [-0.2, -0.15) is 0 Å². The van der Waals surface area contributed by atoms with Gasteiger partial charge in [-0.15, -0.1) is 0 Å². The Kier molecular flexibility index (Phi) is 3.35. The highest BCUT2D eigenvalue weighted by molar-refractivity contribution is 5.94. The second kappa shape index (κ2) is 4.75. The molecule has 2 bridgehead atoms. The second-order valence-electron chi connectivity index (χ2n) is 9.98. The van der Waals surface area contributed by atoms with Crippen LogP contribution in [0.15, 0.2) is 12.2 Å². The fourth-order valence-corrected chi connectivity index (χ4v) is 6.91. The molecular weight excluding hydrogens is 320 g/mol. The highest BCUT2D eigenvalue weighted by Crippen LogP contribution is 2.68. The number of Topliss-reactive ketones (excluding diaryl/α,β-unsaturated/α-hetero) is 1. The zero-order chi connectivity index (χ0) is 18.6. The maximum absolute atomic E-state index is 13.2. The zero-order valence-electron chi connectivity index (χ0n) is 15.3. The van der Waals surface area contributed by atoms with Crippen molar-refractivity contribution in [2.75, 3.05) is 0 Å². The van der Waals surface area contributed by atoms with Crippen LogP contribution in [0.1, 0.15) is 52.9 Å². The maximum atomic E-state index is 13.2. The van der Waals surface area contributed by atoms with Gasteiger partial charge in [-0.25, -0.2) is 0 Å². The van der Waals surface area contributed by atoms with E-state index in [-0.39, 0.29) is 24.0 Å². The number of aliphatic hydroxyl groups excluding tert-OH is 2. The molecule has 5 heteroatoms. The van der Waals surface area contributed by atoms with E-state index in [4.69, 9.17) is 0 Å². The molecule has 4 rings (SSSR count). The summed E-state index contributed by atoms with van der Waals surface area (Å²) in [6.07, 6.45) is 0.799. The Bertz CT molecular complexity index is 652. The van der Waals surface area contributed by atoms with Crippen molar-refractivity contribution in [3.63, 3.8) is 0 Å². The Hall–Kier alpha value is -0.750. The van der Waals surface area contributed by atoms with Crippen LogP contribution in [0.4, 0.5) is 0 Å². The van der Waals surface area contributed by atoms with E-state index in [0.717, 1.165) is 12.0 Å². The van der Waals surface area contributed by atoms with Crippen LogP contribution in [0.25, 0.3) is 0 Å². The Morgan fingerprint density at radius 2 is 1.68 bits per heavy atom. The first-order valence-electron chi connectivity index (χ1n) is 9.42. The predicted octanol–water partition coefficient (Wildman–Crippen LogP) is 1.18. The minimum Gasteiger partial charge on any atom is -0.392 e. The third kappa shape index (κ3) is 1.90. The summed E-state index contributed by atoms with van der Waals surface area (Å²) in [5.74, 6) is -1.10. The van der Waals surface area contributed by atoms with Crippen LogP contribution in [-0.2, 0) is 4.79 Å². The van der Waals surface area contributed by atoms with Gasteiger partial charge in [-0.3, -0.25) is 4.79 Å². The summed E-state index contributed by atoms with van der Waals surface area (Å²) in [6.45, 7) is 9.32. The molecule has 1 spiro atoms. The van der Waals surface area contributed by atoms with E-state index in [9.17, 15) is 25.2 Å². The first-order chi connectivity index (χ1) is 11.4. The van der Waals surface area contributed by atoms with E-state index in [1.165, 1.54) is 0 Å². The number of ketones is 1. The quantitative estimate of drug-likeness (QED) is 0.492. The molecule has 4 saturated carbocycles. The lowest BCUT2D eigenvalue weighted by Crippen LogP contribution is -2.67. The van der Waals surface area contributed by atoms with Crippen LogP contribution in [0, 0.1) is 28.6 Å². The van der Waals surface area contributed by atoms with E-state index < -0.39 is 40.2 Å². The van der Waals surface area contributed by atoms with Crippen LogP contribution in [0.2, 0.25) is 0 Å². The van der Waals surface area contributed by atoms with E-state index in [0.29, 0.717) is 19.3 Å². The number of rotatable bonds is 0. The SMILES string of the molecule is C=C1[C@H]2C[C@H](O)C(C)(C)C(=O)[C@]2(O)C[C@]23C[C@@](C)(O)[C@H](CC[C@@H]12)[C@@H]3O. The molecule has 5 nitrogen and oxygen atoms in total. The van der Waals surface area contributed by atoms with Crippen molar-refractivity contribution in [2.45, 2.75) is 76.3 Å². The van der Waals surface area contributed by atoms with Crippen molar-refractivity contribution >= 4 is 5.78 Å². The molecule has 4 N–H and O–H groups in total. The minimum atomic E-state index is -1.63. The zero-order valence-corrected chi connectivity index (χ0v) is 15.3. The van der Waals surface area contributed by atoms with E-state index in [1.54, 1.807) is 20.8 Å². The van der Waals surface area contributed by atoms with Crippen molar-refractivity contribution in [3.8, 4) is 0 Å². The van der Waals surface area contributed by atoms with Crippen LogP contribution < -0.4 is 0 Å². The van der Waals surface area contributed by atoms with Gasteiger partial charge in [-0.1, -0.05) is 26.0 Å². The fraction of sp³-hybridized carbons (Fsp3) is 0.850. The van der Waals surface area contributed by atoms with Crippen LogP contribution in [0.3, 0.4) is 0 Å². The molecule has 0 unspecified atom stereocenters. The molecule has 0 heterocycles. The van der Waals surface area contributed by atoms with E-state index in [1.807, 2.05) is 0 Å². The topological polar surface area (TPSA) is 98.0 Å². The summed E-state index contributed by atoms with van der Waals surface area (Å²) >= 11 is 0. The number of hydrogen-bond acceptors (Lipinski definition) is 5. The summed E-state index contributed by atoms with van der Waals surface area (Å²) < 4.78 is 0. The standard InChI is InChI=1S/C20H30O5/c1-10-11-5-6-12-15(22)19(11,8-18(12,4)24)9-20(25)13(10)7-14(21)17(2,3)16(20)23/h11-15,21-22,24-25H,1,5-9H2,2-4H3/t11-,12+,13+,14-,15-,18+,19+,20-/m0/s1. The largest absolute Gasteiger partial charge is 0.392 e. The molecule has 25 heavy (non-hydrogen) atoms. The molecule has 8 atom stereocenters. The second-order valence-corrected chi connectivity index (χ2v) is 9.98. The molecule has 0 radical (unpaired) electrons. The number of fused-ring (bicyclic) bond motifs is 2. The lowest BCUT2D eigenvalue weighted by Gasteiger charge is -2.60. The van der Waals surface area contributed by atoms with Gasteiger partial charge in [-0.05, 0) is 44.9 Å². The molecule has 4 fully saturated rings. The van der Waals surface area contributed by atoms with E-state index in [2.05, 4.69) is 6.58 Å². The normalized spacial score (nSPS) is 57.2. The Balaban J connectivity index is 1.83. The summed E-state index contributed by atoms with van der Waals surface area (Å²) in [5.41, 5.74) is -3.59. The highest BCUT2D eigenvalue weighted by atomic mass is 16.3. The molecule has 0 aromatic rings. The molecule has 0 saturated heterocycles. The summed E-state index contributed by atoms with van der Waals surface area (Å²) in [7, 11) is 0. The van der Waals surface area contributed by atoms with Crippen LogP contribution >= 0.6 is 0 Å². The Morgan fingerprint density at radius 1 is 1.04 bits per heavy atom. The summed E-state index contributed by atoms with van der Waals surface area (Å²) in [4.78, 5) is 13.2. The smallest absolute Gasteiger partial charge is 0.173 e. The lowest BCUT2D eigenvalue weighted by atomic mass is 9.46. The summed E-state index contributed by atoms with van der Waals surface area (Å²) in [6, 6.07) is 0. The van der Waals surface area contributed by atoms with Gasteiger partial charge in [0.05, 0.1) is 23.2 Å². The van der Waals surface area contributed by atoms with Crippen molar-refractivity contribution in [1.82, 2.24) is 0 Å². The molecule has 4 aliphatic rings. The number of aliphatic hydroxyl groups is 4. The first-order valence-corrected chi connectivity index (χ1v) is 9.42. The Labute approximate surface area is 148 Å². The first kappa shape index (κ1) is 17.7. The van der Waals surface area contributed by atoms with Gasteiger partial charge in [0.2, 0.25) is 0 Å². The third-order valence-corrected chi connectivity index (χ3v) is 8.26. The average Bonchev–Trinajstić information content (AvgIpc) is 2.61. The minimum absolute atomic E-state index is 0.0285. The molecule has 140 valence electrons. The number of hydrogen-bond donors (Lipinski definition) is 4. The van der Waals surface area contributed by atoms with Gasteiger partial charge in [0.1, 0.15) is 5.60 Å². The molecule has 0 amide bonds. The maximum Gasteiger partial charge on any atom is 0.173 e. The van der Waals surface area contributed by atoms with Crippen LogP contribution in [0.5, 0.6) is 0 Å². The lowest BCUT2D eigenvalue weighted by molar-refractivity contribution is -0.194.